The first-order valence-corrected chi connectivity index (χ1v) is 23.5. The Kier molecular flexibility index (Phi) is 20.0. The molecule has 12 heteroatoms. The fraction of sp³-hybridized carbons (Fsp3) is 0.426. The largest absolute Gasteiger partial charge is 0.493 e. The molecule has 352 valence electrons. The number of esters is 1. The van der Waals surface area contributed by atoms with E-state index in [1.807, 2.05) is 98.8 Å². The van der Waals surface area contributed by atoms with Crippen LogP contribution in [0.3, 0.4) is 0 Å². The summed E-state index contributed by atoms with van der Waals surface area (Å²) in [5.74, 6) is -1.52. The van der Waals surface area contributed by atoms with Crippen molar-refractivity contribution in [2.24, 2.45) is 45.9 Å². The highest BCUT2D eigenvalue weighted by Gasteiger charge is 2.33. The lowest BCUT2D eigenvalue weighted by molar-refractivity contribution is -0.153. The molecule has 5 aromatic carbocycles. The van der Waals surface area contributed by atoms with Crippen molar-refractivity contribution in [3.05, 3.63) is 109 Å². The van der Waals surface area contributed by atoms with E-state index in [9.17, 15) is 19.2 Å². The lowest BCUT2D eigenvalue weighted by Gasteiger charge is -2.25. The lowest BCUT2D eigenvalue weighted by Crippen LogP contribution is -2.45. The first-order chi connectivity index (χ1) is 31.9. The number of guanidine groups is 1. The molecule has 0 fully saturated rings. The van der Waals surface area contributed by atoms with Gasteiger partial charge in [0.05, 0.1) is 18.6 Å². The summed E-state index contributed by atoms with van der Waals surface area (Å²) < 4.78 is 18.7. The fourth-order valence-electron chi connectivity index (χ4n) is 8.12. The molecule has 0 aliphatic rings. The second kappa shape index (κ2) is 26.0. The van der Waals surface area contributed by atoms with Gasteiger partial charge in [-0.3, -0.25) is 24.2 Å². The van der Waals surface area contributed by atoms with Crippen LogP contribution in [-0.4, -0.2) is 61.7 Å². The number of amides is 1. The second-order valence-corrected chi connectivity index (χ2v) is 17.6. The summed E-state index contributed by atoms with van der Waals surface area (Å²) in [4.78, 5) is 60.1. The highest BCUT2D eigenvalue weighted by atomic mass is 16.5. The van der Waals surface area contributed by atoms with Gasteiger partial charge >= 0.3 is 5.97 Å². The molecule has 0 saturated heterocycles. The van der Waals surface area contributed by atoms with Gasteiger partial charge < -0.3 is 36.7 Å². The number of hydrogen-bond donors (Lipinski definition) is 4. The highest BCUT2D eigenvalue weighted by molar-refractivity contribution is 6.10. The van der Waals surface area contributed by atoms with Crippen molar-refractivity contribution in [1.29, 1.82) is 0 Å². The van der Waals surface area contributed by atoms with Crippen LogP contribution in [0, 0.1) is 23.7 Å². The fourth-order valence-corrected chi connectivity index (χ4v) is 8.12. The summed E-state index contributed by atoms with van der Waals surface area (Å²) in [7, 11) is 0. The Morgan fingerprint density at radius 2 is 1.32 bits per heavy atom. The molecule has 66 heavy (non-hydrogen) atoms. The van der Waals surface area contributed by atoms with Gasteiger partial charge in [-0.05, 0) is 89.7 Å². The summed E-state index contributed by atoms with van der Waals surface area (Å²) in [6.07, 6.45) is 3.53. The van der Waals surface area contributed by atoms with E-state index in [0.29, 0.717) is 56.9 Å². The monoisotopic (exact) mass is 900 g/mol. The van der Waals surface area contributed by atoms with Crippen LogP contribution in [-0.2, 0) is 30.5 Å². The predicted octanol–water partition coefficient (Wildman–Crippen LogP) is 9.07. The van der Waals surface area contributed by atoms with Gasteiger partial charge in [0, 0.05) is 36.4 Å². The number of nitrogens with one attached hydrogen (secondary N) is 1. The zero-order chi connectivity index (χ0) is 47.4. The van der Waals surface area contributed by atoms with Crippen molar-refractivity contribution < 1.29 is 33.4 Å². The molecule has 0 radical (unpaired) electrons. The number of aliphatic imine (C=N–C) groups is 1. The van der Waals surface area contributed by atoms with E-state index in [0.717, 1.165) is 50.4 Å². The number of carbonyl (C=O) groups is 4. The van der Waals surface area contributed by atoms with Gasteiger partial charge in [-0.2, -0.15) is 0 Å². The van der Waals surface area contributed by atoms with Crippen molar-refractivity contribution in [2.75, 3.05) is 26.3 Å². The highest BCUT2D eigenvalue weighted by Crippen LogP contribution is 2.45. The van der Waals surface area contributed by atoms with Crippen molar-refractivity contribution >= 4 is 50.9 Å². The minimum Gasteiger partial charge on any atom is -0.493 e. The number of fused-ring (bicyclic) bond motifs is 2. The Hall–Kier alpha value is -6.27. The van der Waals surface area contributed by atoms with Gasteiger partial charge in [-0.25, -0.2) is 0 Å². The number of carbonyl (C=O) groups excluding carboxylic acids is 4. The summed E-state index contributed by atoms with van der Waals surface area (Å²) in [6, 6.07) is 32.5. The molecule has 7 N–H and O–H groups in total. The number of hydrogen-bond acceptors (Lipinski definition) is 9. The molecule has 1 amide bonds. The number of benzene rings is 5. The molecule has 5 rings (SSSR count). The zero-order valence-electron chi connectivity index (χ0n) is 39.1. The molecule has 0 heterocycles. The molecule has 0 aliphatic heterocycles. The first-order valence-electron chi connectivity index (χ1n) is 23.5. The van der Waals surface area contributed by atoms with Crippen LogP contribution in [0.15, 0.2) is 108 Å². The minimum absolute atomic E-state index is 0.0797. The summed E-state index contributed by atoms with van der Waals surface area (Å²) >= 11 is 0. The van der Waals surface area contributed by atoms with Crippen molar-refractivity contribution in [1.82, 2.24) is 5.32 Å². The van der Waals surface area contributed by atoms with Crippen LogP contribution >= 0.6 is 0 Å². The van der Waals surface area contributed by atoms with E-state index in [4.69, 9.17) is 31.4 Å². The van der Waals surface area contributed by atoms with Crippen LogP contribution in [0.5, 0.6) is 11.5 Å². The SMILES string of the molecule is CCC(C)[C@H](CC(=O)[C@@H](CCCN=C(N)N)NC(=O)[C@@H](CCCCN)CC(=O)COc1ccc2ccccc2c1-c1c(OCCC(C)C)ccc2ccccc12)C(=O)OCc1ccccc1. The Labute approximate surface area is 390 Å². The normalized spacial score (nSPS) is 13.1. The molecule has 0 aliphatic carbocycles. The van der Waals surface area contributed by atoms with Crippen LogP contribution < -0.4 is 32.0 Å². The standard InChI is InChI=1S/C54H69N5O7/c1-5-37(4)45(53(63)66-34-38-16-7-6-8-17-38)33-47(61)46(23-15-30-58-54(56)57)59-52(62)41(20-13-14-29-55)32-42(60)35-65-49-27-25-40-19-10-12-22-44(40)51(49)50-43-21-11-9-18-39(43)24-26-48(50)64-31-28-36(2)3/h6-12,16-19,21-22,24-27,36-37,41,45-46H,5,13-15,20,23,28-35,55H2,1-4H3,(H,59,62)(H4,56,57,58)/t37?,41-,45-,46+/m0/s1. The maximum Gasteiger partial charge on any atom is 0.309 e. The summed E-state index contributed by atoms with van der Waals surface area (Å²) in [5.41, 5.74) is 19.5. The average Bonchev–Trinajstić information content (AvgIpc) is 3.32. The third-order valence-corrected chi connectivity index (χ3v) is 12.2. The number of ether oxygens (including phenoxy) is 3. The molecule has 0 aromatic heterocycles. The van der Waals surface area contributed by atoms with Crippen LogP contribution in [0.1, 0.15) is 91.0 Å². The van der Waals surface area contributed by atoms with Crippen molar-refractivity contribution in [3.63, 3.8) is 0 Å². The molecule has 1 unspecified atom stereocenters. The number of Topliss-reactive ketones (excluding diaryl/α,β-unsaturated/α-hetero) is 2. The number of rotatable bonds is 28. The van der Waals surface area contributed by atoms with Crippen LogP contribution in [0.2, 0.25) is 0 Å². The molecule has 0 bridgehead atoms. The Morgan fingerprint density at radius 3 is 1.92 bits per heavy atom. The van der Waals surface area contributed by atoms with Gasteiger partial charge in [0.25, 0.3) is 0 Å². The predicted molar refractivity (Wildman–Crippen MR) is 264 cm³/mol. The van der Waals surface area contributed by atoms with E-state index in [-0.39, 0.29) is 62.5 Å². The first kappa shape index (κ1) is 50.7. The van der Waals surface area contributed by atoms with Crippen LogP contribution in [0.4, 0.5) is 0 Å². The molecule has 0 saturated carbocycles. The second-order valence-electron chi connectivity index (χ2n) is 17.6. The van der Waals surface area contributed by atoms with Crippen LogP contribution in [0.25, 0.3) is 32.7 Å². The number of nitrogens with zero attached hydrogens (tertiary/aromatic N) is 1. The molecule has 4 atom stereocenters. The third kappa shape index (κ3) is 14.9. The van der Waals surface area contributed by atoms with Gasteiger partial charge in [0.2, 0.25) is 5.91 Å². The summed E-state index contributed by atoms with van der Waals surface area (Å²) in [5, 5.41) is 6.96. The molecule has 0 spiro atoms. The quantitative estimate of drug-likeness (QED) is 0.0163. The average molecular weight is 900 g/mol. The molecular weight excluding hydrogens is 831 g/mol. The Morgan fingerprint density at radius 1 is 0.697 bits per heavy atom. The minimum atomic E-state index is -0.957. The van der Waals surface area contributed by atoms with Gasteiger partial charge in [0.15, 0.2) is 17.5 Å². The van der Waals surface area contributed by atoms with E-state index >= 15 is 0 Å². The van der Waals surface area contributed by atoms with E-state index in [1.54, 1.807) is 0 Å². The molecular formula is C54H69N5O7. The van der Waals surface area contributed by atoms with E-state index in [1.165, 1.54) is 0 Å². The topological polar surface area (TPSA) is 198 Å². The van der Waals surface area contributed by atoms with Gasteiger partial charge in [0.1, 0.15) is 24.7 Å². The Balaban J connectivity index is 1.38. The summed E-state index contributed by atoms with van der Waals surface area (Å²) in [6.45, 7) is 9.21. The van der Waals surface area contributed by atoms with E-state index < -0.39 is 29.8 Å². The number of unbranched alkanes of at least 4 members (excludes halogenated alkanes) is 1. The zero-order valence-corrected chi connectivity index (χ0v) is 39.1. The molecule has 5 aromatic rings. The van der Waals surface area contributed by atoms with E-state index in [2.05, 4.69) is 42.4 Å². The van der Waals surface area contributed by atoms with Gasteiger partial charge in [-0.1, -0.05) is 132 Å². The van der Waals surface area contributed by atoms with Gasteiger partial charge in [-0.15, -0.1) is 0 Å². The third-order valence-electron chi connectivity index (χ3n) is 12.2. The smallest absolute Gasteiger partial charge is 0.309 e. The molecule has 12 nitrogen and oxygen atoms in total. The van der Waals surface area contributed by atoms with Crippen molar-refractivity contribution in [2.45, 2.75) is 98.1 Å². The number of ketones is 2. The maximum absolute atomic E-state index is 14.3. The van der Waals surface area contributed by atoms with Crippen molar-refractivity contribution in [3.8, 4) is 22.6 Å². The Bertz CT molecular complexity index is 2400. The number of nitrogens with two attached hydrogens (primary N) is 3. The lowest BCUT2D eigenvalue weighted by atomic mass is 9.85. The maximum atomic E-state index is 14.3.